The lowest BCUT2D eigenvalue weighted by Crippen LogP contribution is -2.13. The van der Waals surface area contributed by atoms with E-state index in [-0.39, 0.29) is 11.2 Å². The van der Waals surface area contributed by atoms with Crippen molar-refractivity contribution >= 4 is 12.0 Å². The van der Waals surface area contributed by atoms with Gasteiger partial charge in [-0.2, -0.15) is 0 Å². The van der Waals surface area contributed by atoms with E-state index in [1.165, 1.54) is 6.07 Å². The van der Waals surface area contributed by atoms with Gasteiger partial charge < -0.3 is 9.69 Å². The van der Waals surface area contributed by atoms with E-state index in [0.717, 1.165) is 24.7 Å². The fourth-order valence-corrected chi connectivity index (χ4v) is 1.79. The van der Waals surface area contributed by atoms with Gasteiger partial charge in [0.1, 0.15) is 12.1 Å². The Morgan fingerprint density at radius 2 is 2.07 bits per heavy atom. The molecule has 0 amide bonds. The molecule has 0 spiro atoms. The molecule has 3 heteroatoms. The molecule has 0 N–H and O–H groups in total. The second kappa shape index (κ2) is 3.33. The van der Waals surface area contributed by atoms with Crippen LogP contribution in [0.5, 0.6) is 0 Å². The fourth-order valence-electron chi connectivity index (χ4n) is 1.79. The Morgan fingerprint density at radius 3 is 2.47 bits per heavy atom. The molecule has 15 heavy (non-hydrogen) atoms. The molecule has 0 aromatic heterocycles. The van der Waals surface area contributed by atoms with E-state index < -0.39 is 0 Å². The number of aldehydes is 1. The Balaban J connectivity index is 2.38. The minimum Gasteiger partial charge on any atom is -0.375 e. The van der Waals surface area contributed by atoms with Crippen molar-refractivity contribution in [1.29, 1.82) is 0 Å². The lowest BCUT2D eigenvalue weighted by atomic mass is 9.97. The van der Waals surface area contributed by atoms with Gasteiger partial charge >= 0.3 is 0 Å². The number of benzene rings is 1. The van der Waals surface area contributed by atoms with E-state index in [9.17, 15) is 9.18 Å². The van der Waals surface area contributed by atoms with Crippen LogP contribution in [0.3, 0.4) is 0 Å². The molecule has 0 heterocycles. The molecule has 1 aromatic carbocycles. The highest BCUT2D eigenvalue weighted by Crippen LogP contribution is 2.46. The Hall–Kier alpha value is -1.38. The number of carbonyl (C=O) groups excluding carboxylic acids is 1. The molecule has 0 bridgehead atoms. The highest BCUT2D eigenvalue weighted by atomic mass is 19.1. The summed E-state index contributed by atoms with van der Waals surface area (Å²) in [5.74, 6) is -0.259. The fraction of sp³-hybridized carbons (Fsp3) is 0.417. The van der Waals surface area contributed by atoms with E-state index in [4.69, 9.17) is 0 Å². The van der Waals surface area contributed by atoms with E-state index in [1.807, 2.05) is 6.07 Å². The molecule has 1 aliphatic rings. The maximum atomic E-state index is 13.6. The van der Waals surface area contributed by atoms with Crippen LogP contribution in [0.2, 0.25) is 0 Å². The van der Waals surface area contributed by atoms with Crippen molar-refractivity contribution in [3.05, 3.63) is 29.6 Å². The van der Waals surface area contributed by atoms with Crippen LogP contribution < -0.4 is 4.90 Å². The zero-order chi connectivity index (χ0) is 11.1. The summed E-state index contributed by atoms with van der Waals surface area (Å²) in [7, 11) is 3.59. The van der Waals surface area contributed by atoms with Crippen molar-refractivity contribution in [3.8, 4) is 0 Å². The first-order chi connectivity index (χ1) is 7.09. The molecule has 1 saturated carbocycles. The number of rotatable bonds is 3. The maximum Gasteiger partial charge on any atom is 0.146 e. The van der Waals surface area contributed by atoms with Gasteiger partial charge in [-0.05, 0) is 30.5 Å². The van der Waals surface area contributed by atoms with Crippen molar-refractivity contribution in [1.82, 2.24) is 0 Å². The summed E-state index contributed by atoms with van der Waals surface area (Å²) in [5.41, 5.74) is 0.979. The van der Waals surface area contributed by atoms with E-state index >= 15 is 0 Å². The molecule has 0 aliphatic heterocycles. The van der Waals surface area contributed by atoms with Crippen LogP contribution in [0, 0.1) is 5.82 Å². The summed E-state index contributed by atoms with van der Waals surface area (Å²) < 4.78 is 13.6. The normalized spacial score (nSPS) is 17.3. The number of hydrogen-bond donors (Lipinski definition) is 0. The SMILES string of the molecule is CN(C)c1ccc(C2(C=O)CC2)cc1F. The van der Waals surface area contributed by atoms with E-state index in [0.29, 0.717) is 5.69 Å². The van der Waals surface area contributed by atoms with Crippen LogP contribution >= 0.6 is 0 Å². The second-order valence-electron chi connectivity index (χ2n) is 4.33. The standard InChI is InChI=1S/C12H14FNO/c1-14(2)11-4-3-9(7-10(11)13)12(8-15)5-6-12/h3-4,7-8H,5-6H2,1-2H3. The van der Waals surface area contributed by atoms with Crippen molar-refractivity contribution in [2.24, 2.45) is 0 Å². The third-order valence-corrected chi connectivity index (χ3v) is 3.02. The molecule has 1 aromatic rings. The summed E-state index contributed by atoms with van der Waals surface area (Å²) >= 11 is 0. The highest BCUT2D eigenvalue weighted by Gasteiger charge is 2.44. The van der Waals surface area contributed by atoms with Crippen molar-refractivity contribution < 1.29 is 9.18 Å². The molecule has 1 aliphatic carbocycles. The minimum absolute atomic E-state index is 0.259. The van der Waals surface area contributed by atoms with Crippen LogP contribution in [0.1, 0.15) is 18.4 Å². The zero-order valence-electron chi connectivity index (χ0n) is 8.96. The largest absolute Gasteiger partial charge is 0.375 e. The van der Waals surface area contributed by atoms with Gasteiger partial charge in [0.05, 0.1) is 11.1 Å². The predicted octanol–water partition coefficient (Wildman–Crippen LogP) is 2.12. The number of halogens is 1. The number of anilines is 1. The average molecular weight is 207 g/mol. The van der Waals surface area contributed by atoms with Gasteiger partial charge in [-0.1, -0.05) is 6.07 Å². The van der Waals surface area contributed by atoms with Gasteiger partial charge in [-0.25, -0.2) is 4.39 Å². The summed E-state index contributed by atoms with van der Waals surface area (Å²) in [6.07, 6.45) is 2.63. The molecular formula is C12H14FNO. The smallest absolute Gasteiger partial charge is 0.146 e. The molecule has 2 rings (SSSR count). The monoisotopic (exact) mass is 207 g/mol. The molecule has 2 nitrogen and oxygen atoms in total. The number of hydrogen-bond acceptors (Lipinski definition) is 2. The van der Waals surface area contributed by atoms with E-state index in [1.54, 1.807) is 25.1 Å². The Bertz CT molecular complexity index is 397. The summed E-state index contributed by atoms with van der Waals surface area (Å²) in [6.45, 7) is 0. The molecule has 1 fully saturated rings. The first-order valence-corrected chi connectivity index (χ1v) is 5.03. The van der Waals surface area contributed by atoms with Gasteiger partial charge in [0.2, 0.25) is 0 Å². The van der Waals surface area contributed by atoms with Crippen molar-refractivity contribution in [2.45, 2.75) is 18.3 Å². The van der Waals surface area contributed by atoms with Gasteiger partial charge in [0.25, 0.3) is 0 Å². The average Bonchev–Trinajstić information content (AvgIpc) is 2.97. The highest BCUT2D eigenvalue weighted by molar-refractivity contribution is 5.73. The second-order valence-corrected chi connectivity index (χ2v) is 4.33. The van der Waals surface area contributed by atoms with Crippen molar-refractivity contribution in [2.75, 3.05) is 19.0 Å². The number of carbonyl (C=O) groups is 1. The van der Waals surface area contributed by atoms with Crippen LogP contribution in [0.15, 0.2) is 18.2 Å². The third-order valence-electron chi connectivity index (χ3n) is 3.02. The molecule has 0 saturated heterocycles. The summed E-state index contributed by atoms with van der Waals surface area (Å²) in [4.78, 5) is 12.6. The van der Waals surface area contributed by atoms with Crippen molar-refractivity contribution in [3.63, 3.8) is 0 Å². The number of nitrogens with zero attached hydrogens (tertiary/aromatic N) is 1. The van der Waals surface area contributed by atoms with Crippen LogP contribution in [0.25, 0.3) is 0 Å². The quantitative estimate of drug-likeness (QED) is 0.708. The minimum atomic E-state index is -0.383. The van der Waals surface area contributed by atoms with E-state index in [2.05, 4.69) is 0 Å². The van der Waals surface area contributed by atoms with Crippen LogP contribution in [0.4, 0.5) is 10.1 Å². The molecule has 0 atom stereocenters. The van der Waals surface area contributed by atoms with Gasteiger partial charge in [-0.15, -0.1) is 0 Å². The lowest BCUT2D eigenvalue weighted by molar-refractivity contribution is -0.109. The van der Waals surface area contributed by atoms with Gasteiger partial charge in [-0.3, -0.25) is 0 Å². The summed E-state index contributed by atoms with van der Waals surface area (Å²) in [5, 5.41) is 0. The Labute approximate surface area is 88.7 Å². The summed E-state index contributed by atoms with van der Waals surface area (Å²) in [6, 6.07) is 5.06. The Morgan fingerprint density at radius 1 is 1.40 bits per heavy atom. The maximum absolute atomic E-state index is 13.6. The molecule has 0 unspecified atom stereocenters. The first kappa shape index (κ1) is 10.1. The van der Waals surface area contributed by atoms with Gasteiger partial charge in [0.15, 0.2) is 0 Å². The topological polar surface area (TPSA) is 20.3 Å². The predicted molar refractivity (Wildman–Crippen MR) is 57.7 cm³/mol. The third kappa shape index (κ3) is 1.62. The Kier molecular flexibility index (Phi) is 2.25. The first-order valence-electron chi connectivity index (χ1n) is 5.03. The molecule has 0 radical (unpaired) electrons. The van der Waals surface area contributed by atoms with Crippen LogP contribution in [-0.4, -0.2) is 20.4 Å². The van der Waals surface area contributed by atoms with Crippen LogP contribution in [-0.2, 0) is 10.2 Å². The molecular weight excluding hydrogens is 193 g/mol. The zero-order valence-corrected chi connectivity index (χ0v) is 8.96. The lowest BCUT2D eigenvalue weighted by Gasteiger charge is -2.15. The molecule has 80 valence electrons. The van der Waals surface area contributed by atoms with Gasteiger partial charge in [0, 0.05) is 14.1 Å².